The van der Waals surface area contributed by atoms with E-state index in [1.165, 1.54) is 6.20 Å². The Balaban J connectivity index is 1.84. The predicted octanol–water partition coefficient (Wildman–Crippen LogP) is 3.11. The van der Waals surface area contributed by atoms with Crippen molar-refractivity contribution in [2.75, 3.05) is 5.32 Å². The zero-order valence-corrected chi connectivity index (χ0v) is 13.7. The van der Waals surface area contributed by atoms with Crippen LogP contribution >= 0.6 is 11.6 Å². The zero-order valence-electron chi connectivity index (χ0n) is 13.0. The summed E-state index contributed by atoms with van der Waals surface area (Å²) in [5.74, 6) is -0.560. The van der Waals surface area contributed by atoms with Crippen molar-refractivity contribution in [1.82, 2.24) is 19.6 Å². The largest absolute Gasteiger partial charge is 0.436 e. The van der Waals surface area contributed by atoms with Gasteiger partial charge in [-0.05, 0) is 19.8 Å². The van der Waals surface area contributed by atoms with Crippen LogP contribution in [0.1, 0.15) is 35.8 Å². The second-order valence-electron chi connectivity index (χ2n) is 5.79. The fourth-order valence-electron chi connectivity index (χ4n) is 2.45. The summed E-state index contributed by atoms with van der Waals surface area (Å²) in [4.78, 5) is 12.2. The van der Waals surface area contributed by atoms with Gasteiger partial charge in [-0.2, -0.15) is 23.4 Å². The van der Waals surface area contributed by atoms with Gasteiger partial charge in [0.1, 0.15) is 6.54 Å². The maximum atomic E-state index is 13.0. The Morgan fingerprint density at radius 2 is 2.12 bits per heavy atom. The molecule has 1 saturated carbocycles. The van der Waals surface area contributed by atoms with Crippen LogP contribution < -0.4 is 5.32 Å². The van der Waals surface area contributed by atoms with E-state index in [9.17, 15) is 18.0 Å². The van der Waals surface area contributed by atoms with Crippen LogP contribution in [0.4, 0.5) is 18.9 Å². The van der Waals surface area contributed by atoms with Gasteiger partial charge in [0.2, 0.25) is 5.91 Å². The van der Waals surface area contributed by atoms with Gasteiger partial charge in [0.25, 0.3) is 0 Å². The highest BCUT2D eigenvalue weighted by molar-refractivity contribution is 6.32. The van der Waals surface area contributed by atoms with Crippen molar-refractivity contribution in [3.8, 4) is 0 Å². The summed E-state index contributed by atoms with van der Waals surface area (Å²) in [6.07, 6.45) is -1.69. The van der Waals surface area contributed by atoms with E-state index in [2.05, 4.69) is 15.5 Å². The quantitative estimate of drug-likeness (QED) is 0.910. The topological polar surface area (TPSA) is 64.7 Å². The van der Waals surface area contributed by atoms with E-state index < -0.39 is 22.8 Å². The molecule has 2 heterocycles. The molecule has 0 atom stereocenters. The van der Waals surface area contributed by atoms with Crippen LogP contribution in [0, 0.1) is 6.92 Å². The molecule has 1 aliphatic rings. The van der Waals surface area contributed by atoms with Crippen LogP contribution in [0.15, 0.2) is 6.20 Å². The highest BCUT2D eigenvalue weighted by Gasteiger charge is 2.42. The highest BCUT2D eigenvalue weighted by Crippen LogP contribution is 2.46. The van der Waals surface area contributed by atoms with E-state index in [1.807, 2.05) is 0 Å². The number of carbonyl (C=O) groups excluding carboxylic acids is 1. The summed E-state index contributed by atoms with van der Waals surface area (Å²) in [7, 11) is 1.72. The number of rotatable bonds is 4. The average Bonchev–Trinajstić information content (AvgIpc) is 3.19. The number of carbonyl (C=O) groups is 1. The van der Waals surface area contributed by atoms with Crippen molar-refractivity contribution in [3.63, 3.8) is 0 Å². The number of amides is 1. The molecule has 6 nitrogen and oxygen atoms in total. The van der Waals surface area contributed by atoms with Crippen LogP contribution in [0.2, 0.25) is 5.02 Å². The fraction of sp³-hybridized carbons (Fsp3) is 0.500. The molecule has 1 amide bonds. The molecule has 0 aromatic carbocycles. The molecule has 0 bridgehead atoms. The minimum Gasteiger partial charge on any atom is -0.322 e. The normalized spacial score (nSPS) is 14.9. The van der Waals surface area contributed by atoms with Crippen molar-refractivity contribution in [2.24, 2.45) is 7.05 Å². The molecule has 0 saturated heterocycles. The van der Waals surface area contributed by atoms with Crippen molar-refractivity contribution in [1.29, 1.82) is 0 Å². The molecule has 24 heavy (non-hydrogen) atoms. The van der Waals surface area contributed by atoms with Gasteiger partial charge in [-0.3, -0.25) is 14.2 Å². The van der Waals surface area contributed by atoms with E-state index in [4.69, 9.17) is 11.6 Å². The van der Waals surface area contributed by atoms with E-state index in [0.717, 1.165) is 23.2 Å². The molecular formula is C14H15ClF3N5O. The predicted molar refractivity (Wildman–Crippen MR) is 80.8 cm³/mol. The first-order valence-electron chi connectivity index (χ1n) is 7.30. The third-order valence-electron chi connectivity index (χ3n) is 3.97. The molecule has 1 fully saturated rings. The van der Waals surface area contributed by atoms with E-state index in [0.29, 0.717) is 5.69 Å². The van der Waals surface area contributed by atoms with Crippen LogP contribution in [0.25, 0.3) is 0 Å². The first-order chi connectivity index (χ1) is 11.2. The molecule has 3 rings (SSSR count). The maximum absolute atomic E-state index is 13.0. The molecule has 2 aromatic heterocycles. The number of halogens is 4. The Morgan fingerprint density at radius 1 is 1.46 bits per heavy atom. The van der Waals surface area contributed by atoms with Gasteiger partial charge in [-0.25, -0.2) is 0 Å². The first kappa shape index (κ1) is 16.8. The van der Waals surface area contributed by atoms with E-state index in [-0.39, 0.29) is 18.2 Å². The summed E-state index contributed by atoms with van der Waals surface area (Å²) in [5.41, 5.74) is 0.378. The molecule has 0 unspecified atom stereocenters. The summed E-state index contributed by atoms with van der Waals surface area (Å²) in [6.45, 7) is 1.43. The van der Waals surface area contributed by atoms with Crippen LogP contribution in [0.5, 0.6) is 0 Å². The number of hydrogen-bond acceptors (Lipinski definition) is 3. The SMILES string of the molecule is Cc1c(NC(=O)Cn2nc(C(F)(F)F)c(Cl)c2C2CC2)cnn1C. The van der Waals surface area contributed by atoms with Crippen molar-refractivity contribution < 1.29 is 18.0 Å². The summed E-state index contributed by atoms with van der Waals surface area (Å²) >= 11 is 5.87. The number of hydrogen-bond donors (Lipinski definition) is 1. The van der Waals surface area contributed by atoms with Gasteiger partial charge < -0.3 is 5.32 Å². The smallest absolute Gasteiger partial charge is 0.322 e. The minimum absolute atomic E-state index is 0.0750. The molecule has 0 radical (unpaired) electrons. The summed E-state index contributed by atoms with van der Waals surface area (Å²) < 4.78 is 41.6. The maximum Gasteiger partial charge on any atom is 0.436 e. The molecule has 2 aromatic rings. The average molecular weight is 362 g/mol. The number of nitrogens with one attached hydrogen (secondary N) is 1. The number of alkyl halides is 3. The van der Waals surface area contributed by atoms with Crippen LogP contribution in [0.3, 0.4) is 0 Å². The molecule has 10 heteroatoms. The molecule has 130 valence electrons. The number of aromatic nitrogens is 4. The monoisotopic (exact) mass is 361 g/mol. The lowest BCUT2D eigenvalue weighted by atomic mass is 10.2. The van der Waals surface area contributed by atoms with Gasteiger partial charge in [-0.15, -0.1) is 0 Å². The van der Waals surface area contributed by atoms with E-state index >= 15 is 0 Å². The Labute approximate surface area is 140 Å². The van der Waals surface area contributed by atoms with Crippen molar-refractivity contribution in [2.45, 2.75) is 38.4 Å². The third-order valence-corrected chi connectivity index (χ3v) is 4.34. The summed E-state index contributed by atoms with van der Waals surface area (Å²) in [6, 6.07) is 0. The standard InChI is InChI=1S/C14H15ClF3N5O/c1-7-9(5-19-22(7)2)20-10(24)6-23-12(8-3-4-8)11(15)13(21-23)14(16,17)18/h5,8H,3-4,6H2,1-2H3,(H,20,24). The Morgan fingerprint density at radius 3 is 2.62 bits per heavy atom. The lowest BCUT2D eigenvalue weighted by Gasteiger charge is -2.08. The zero-order chi connectivity index (χ0) is 17.6. The fourth-order valence-corrected chi connectivity index (χ4v) is 2.85. The lowest BCUT2D eigenvalue weighted by Crippen LogP contribution is -2.21. The van der Waals surface area contributed by atoms with Crippen LogP contribution in [-0.4, -0.2) is 25.5 Å². The second kappa shape index (κ2) is 5.80. The van der Waals surface area contributed by atoms with Gasteiger partial charge in [0, 0.05) is 13.0 Å². The van der Waals surface area contributed by atoms with Gasteiger partial charge >= 0.3 is 6.18 Å². The van der Waals surface area contributed by atoms with Crippen LogP contribution in [-0.2, 0) is 24.6 Å². The highest BCUT2D eigenvalue weighted by atomic mass is 35.5. The molecular weight excluding hydrogens is 347 g/mol. The minimum atomic E-state index is -4.65. The second-order valence-corrected chi connectivity index (χ2v) is 6.17. The summed E-state index contributed by atoms with van der Waals surface area (Å²) in [5, 5.41) is 9.74. The third kappa shape index (κ3) is 3.12. The van der Waals surface area contributed by atoms with Gasteiger partial charge in [0.05, 0.1) is 28.3 Å². The number of anilines is 1. The molecule has 0 spiro atoms. The number of aryl methyl sites for hydroxylation is 1. The van der Waals surface area contributed by atoms with Gasteiger partial charge in [0.15, 0.2) is 5.69 Å². The molecule has 0 aliphatic heterocycles. The van der Waals surface area contributed by atoms with Crippen molar-refractivity contribution in [3.05, 3.63) is 28.3 Å². The molecule has 1 aliphatic carbocycles. The first-order valence-corrected chi connectivity index (χ1v) is 7.68. The van der Waals surface area contributed by atoms with Crippen molar-refractivity contribution >= 4 is 23.2 Å². The van der Waals surface area contributed by atoms with E-state index in [1.54, 1.807) is 18.7 Å². The Hall–Kier alpha value is -2.03. The molecule has 1 N–H and O–H groups in total. The van der Waals surface area contributed by atoms with Gasteiger partial charge in [-0.1, -0.05) is 11.6 Å². The lowest BCUT2D eigenvalue weighted by molar-refractivity contribution is -0.141. The Kier molecular flexibility index (Phi) is 4.06. The Bertz CT molecular complexity index is 791. The number of nitrogens with zero attached hydrogens (tertiary/aromatic N) is 4.